The van der Waals surface area contributed by atoms with Gasteiger partial charge in [-0.2, -0.15) is 4.31 Å². The highest BCUT2D eigenvalue weighted by Gasteiger charge is 2.30. The van der Waals surface area contributed by atoms with Crippen molar-refractivity contribution >= 4 is 37.3 Å². The number of nitrogens with zero attached hydrogens (tertiary/aromatic N) is 1. The zero-order valence-electron chi connectivity index (χ0n) is 12.1. The molecule has 22 heavy (non-hydrogen) atoms. The van der Waals surface area contributed by atoms with Gasteiger partial charge in [0, 0.05) is 13.1 Å². The third kappa shape index (κ3) is 3.45. The van der Waals surface area contributed by atoms with Crippen LogP contribution in [-0.2, 0) is 10.0 Å². The van der Waals surface area contributed by atoms with Gasteiger partial charge in [-0.15, -0.1) is 11.3 Å². The Hall–Kier alpha value is -0.690. The highest BCUT2D eigenvalue weighted by molar-refractivity contribution is 9.11. The first-order chi connectivity index (χ1) is 10.6. The van der Waals surface area contributed by atoms with Crippen LogP contribution >= 0.6 is 27.3 Å². The molecule has 1 unspecified atom stereocenters. The molecule has 0 saturated carbocycles. The number of hydrogen-bond donors (Lipinski definition) is 0. The second kappa shape index (κ2) is 6.83. The zero-order chi connectivity index (χ0) is 15.6. The summed E-state index contributed by atoms with van der Waals surface area (Å²) in [5.74, 6) is 0.280. The summed E-state index contributed by atoms with van der Waals surface area (Å²) < 4.78 is 28.6. The van der Waals surface area contributed by atoms with Gasteiger partial charge in [0.2, 0.25) is 0 Å². The van der Waals surface area contributed by atoms with Crippen LogP contribution in [0.15, 0.2) is 50.5 Å². The SMILES string of the molecule is O=S(=O)(c1ccc(Br)s1)N1CCCCC(c2ccccc2)C1. The summed E-state index contributed by atoms with van der Waals surface area (Å²) in [6.07, 6.45) is 3.04. The maximum atomic E-state index is 12.8. The Balaban J connectivity index is 1.87. The van der Waals surface area contributed by atoms with Crippen LogP contribution in [-0.4, -0.2) is 25.8 Å². The first-order valence-corrected chi connectivity index (χ1v) is 10.4. The lowest BCUT2D eigenvalue weighted by Gasteiger charge is -2.23. The van der Waals surface area contributed by atoms with Crippen molar-refractivity contribution in [3.8, 4) is 0 Å². The number of hydrogen-bond acceptors (Lipinski definition) is 3. The Labute approximate surface area is 144 Å². The maximum absolute atomic E-state index is 12.8. The van der Waals surface area contributed by atoms with Gasteiger partial charge in [-0.05, 0) is 52.4 Å². The van der Waals surface area contributed by atoms with E-state index in [1.54, 1.807) is 16.4 Å². The molecule has 1 saturated heterocycles. The number of rotatable bonds is 3. The van der Waals surface area contributed by atoms with Crippen molar-refractivity contribution in [1.82, 2.24) is 4.31 Å². The van der Waals surface area contributed by atoms with Gasteiger partial charge >= 0.3 is 0 Å². The molecule has 2 heterocycles. The van der Waals surface area contributed by atoms with E-state index in [0.29, 0.717) is 17.3 Å². The Morgan fingerprint density at radius 2 is 1.86 bits per heavy atom. The fraction of sp³-hybridized carbons (Fsp3) is 0.375. The molecule has 2 aromatic rings. The third-order valence-electron chi connectivity index (χ3n) is 4.05. The van der Waals surface area contributed by atoms with Gasteiger partial charge in [-0.1, -0.05) is 36.8 Å². The van der Waals surface area contributed by atoms with Crippen molar-refractivity contribution < 1.29 is 8.42 Å². The third-order valence-corrected chi connectivity index (χ3v) is 8.00. The molecule has 3 rings (SSSR count). The van der Waals surface area contributed by atoms with E-state index >= 15 is 0 Å². The largest absolute Gasteiger partial charge is 0.252 e. The number of thiophene rings is 1. The van der Waals surface area contributed by atoms with Gasteiger partial charge < -0.3 is 0 Å². The van der Waals surface area contributed by atoms with E-state index in [2.05, 4.69) is 28.1 Å². The molecule has 0 bridgehead atoms. The van der Waals surface area contributed by atoms with E-state index in [0.717, 1.165) is 23.0 Å². The Bertz CT molecular complexity index is 728. The van der Waals surface area contributed by atoms with Gasteiger partial charge in [0.1, 0.15) is 4.21 Å². The van der Waals surface area contributed by atoms with Crippen LogP contribution in [0.4, 0.5) is 0 Å². The first-order valence-electron chi connectivity index (χ1n) is 7.38. The zero-order valence-corrected chi connectivity index (χ0v) is 15.3. The lowest BCUT2D eigenvalue weighted by Crippen LogP contribution is -2.33. The Morgan fingerprint density at radius 1 is 1.09 bits per heavy atom. The fourth-order valence-electron chi connectivity index (χ4n) is 2.89. The number of benzene rings is 1. The first kappa shape index (κ1) is 16.2. The molecule has 1 fully saturated rings. The number of halogens is 1. The van der Waals surface area contributed by atoms with Crippen molar-refractivity contribution in [2.45, 2.75) is 29.4 Å². The maximum Gasteiger partial charge on any atom is 0.252 e. The minimum Gasteiger partial charge on any atom is -0.206 e. The minimum atomic E-state index is -3.38. The van der Waals surface area contributed by atoms with Crippen LogP contribution in [0.3, 0.4) is 0 Å². The molecule has 118 valence electrons. The van der Waals surface area contributed by atoms with Gasteiger partial charge in [-0.3, -0.25) is 0 Å². The topological polar surface area (TPSA) is 37.4 Å². The molecule has 0 radical (unpaired) electrons. The summed E-state index contributed by atoms with van der Waals surface area (Å²) in [5.41, 5.74) is 1.23. The molecule has 1 aromatic carbocycles. The molecule has 1 aliphatic rings. The van der Waals surface area contributed by atoms with Gasteiger partial charge in [0.15, 0.2) is 0 Å². The summed E-state index contributed by atoms with van der Waals surface area (Å²) >= 11 is 4.63. The van der Waals surface area contributed by atoms with Gasteiger partial charge in [0.05, 0.1) is 3.79 Å². The van der Waals surface area contributed by atoms with Crippen LogP contribution in [0.5, 0.6) is 0 Å². The van der Waals surface area contributed by atoms with Crippen LogP contribution < -0.4 is 0 Å². The molecule has 1 atom stereocenters. The van der Waals surface area contributed by atoms with E-state index in [9.17, 15) is 8.42 Å². The molecule has 0 aliphatic carbocycles. The van der Waals surface area contributed by atoms with E-state index in [1.807, 2.05) is 18.2 Å². The summed E-state index contributed by atoms with van der Waals surface area (Å²) in [6, 6.07) is 13.7. The molecule has 6 heteroatoms. The predicted octanol–water partition coefficient (Wildman–Crippen LogP) is 4.47. The molecular weight excluding hydrogens is 382 g/mol. The Morgan fingerprint density at radius 3 is 2.55 bits per heavy atom. The highest BCUT2D eigenvalue weighted by atomic mass is 79.9. The highest BCUT2D eigenvalue weighted by Crippen LogP contribution is 2.33. The van der Waals surface area contributed by atoms with E-state index in [4.69, 9.17) is 0 Å². The summed E-state index contributed by atoms with van der Waals surface area (Å²) in [4.78, 5) is 0. The van der Waals surface area contributed by atoms with Crippen LogP contribution in [0.25, 0.3) is 0 Å². The summed E-state index contributed by atoms with van der Waals surface area (Å²) in [6.45, 7) is 1.18. The van der Waals surface area contributed by atoms with Crippen molar-refractivity contribution in [3.63, 3.8) is 0 Å². The number of sulfonamides is 1. The Kier molecular flexibility index (Phi) is 5.02. The second-order valence-electron chi connectivity index (χ2n) is 5.52. The second-order valence-corrected chi connectivity index (χ2v) is 10.2. The minimum absolute atomic E-state index is 0.280. The molecule has 0 amide bonds. The average molecular weight is 400 g/mol. The quantitative estimate of drug-likeness (QED) is 0.763. The summed E-state index contributed by atoms with van der Waals surface area (Å²) in [7, 11) is -3.38. The average Bonchev–Trinajstić information content (AvgIpc) is 2.82. The van der Waals surface area contributed by atoms with Gasteiger partial charge in [-0.25, -0.2) is 8.42 Å². The van der Waals surface area contributed by atoms with Crippen molar-refractivity contribution in [2.75, 3.05) is 13.1 Å². The smallest absolute Gasteiger partial charge is 0.206 e. The lowest BCUT2D eigenvalue weighted by atomic mass is 9.95. The molecule has 3 nitrogen and oxygen atoms in total. The monoisotopic (exact) mass is 399 g/mol. The van der Waals surface area contributed by atoms with Crippen molar-refractivity contribution in [2.24, 2.45) is 0 Å². The van der Waals surface area contributed by atoms with Gasteiger partial charge in [0.25, 0.3) is 10.0 Å². The molecule has 1 aliphatic heterocycles. The standard InChI is InChI=1S/C16H18BrNO2S2/c17-15-9-10-16(21-15)22(19,20)18-11-5-4-8-14(12-18)13-6-2-1-3-7-13/h1-3,6-7,9-10,14H,4-5,8,11-12H2. The van der Waals surface area contributed by atoms with Crippen LogP contribution in [0.2, 0.25) is 0 Å². The normalized spacial score (nSPS) is 20.7. The van der Waals surface area contributed by atoms with Crippen LogP contribution in [0.1, 0.15) is 30.7 Å². The van der Waals surface area contributed by atoms with E-state index in [1.165, 1.54) is 16.9 Å². The van der Waals surface area contributed by atoms with Crippen LogP contribution in [0, 0.1) is 0 Å². The van der Waals surface area contributed by atoms with E-state index < -0.39 is 10.0 Å². The summed E-state index contributed by atoms with van der Waals surface area (Å²) in [5, 5.41) is 0. The predicted molar refractivity (Wildman–Crippen MR) is 93.8 cm³/mol. The van der Waals surface area contributed by atoms with E-state index in [-0.39, 0.29) is 5.92 Å². The molecule has 1 aromatic heterocycles. The fourth-order valence-corrected chi connectivity index (χ4v) is 6.57. The molecular formula is C16H18BrNO2S2. The molecule has 0 spiro atoms. The lowest BCUT2D eigenvalue weighted by molar-refractivity contribution is 0.407. The van der Waals surface area contributed by atoms with Crippen molar-refractivity contribution in [3.05, 3.63) is 51.8 Å². The van der Waals surface area contributed by atoms with Crippen molar-refractivity contribution in [1.29, 1.82) is 0 Å². The molecule has 0 N–H and O–H groups in total.